The highest BCUT2D eigenvalue weighted by atomic mass is 35.5. The summed E-state index contributed by atoms with van der Waals surface area (Å²) in [6.07, 6.45) is 30.9. The number of aryl methyl sites for hydroxylation is 4. The maximum absolute atomic E-state index is 11.7. The maximum atomic E-state index is 11.7. The van der Waals surface area contributed by atoms with Crippen LogP contribution < -0.4 is 4.74 Å². The number of fused-ring (bicyclic) bond motifs is 12. The molecule has 14 nitrogen and oxygen atoms in total. The largest absolute Gasteiger partial charge is 0.497 e. The number of unbranched alkanes of at least 4 members (excludes halogenated alkanes) is 12. The number of methoxy groups -OCH3 is 1. The zero-order valence-corrected chi connectivity index (χ0v) is 56.6. The van der Waals surface area contributed by atoms with Crippen LogP contribution in [0.4, 0.5) is 0 Å². The van der Waals surface area contributed by atoms with Gasteiger partial charge in [-0.1, -0.05) is 117 Å². The smallest absolute Gasteiger partial charge is 0.262 e. The summed E-state index contributed by atoms with van der Waals surface area (Å²) < 4.78 is 15.0. The molecule has 0 fully saturated rings. The molecule has 16 heteroatoms. The number of nitrogens with zero attached hydrogens (tertiary/aromatic N) is 12. The first-order chi connectivity index (χ1) is 46.6. The van der Waals surface area contributed by atoms with Crippen LogP contribution in [0.1, 0.15) is 152 Å². The molecule has 0 radical (unpaired) electrons. The molecule has 4 aromatic carbocycles. The number of rotatable bonds is 26. The monoisotopic (exact) mass is 1300 g/mol. The van der Waals surface area contributed by atoms with E-state index in [1.165, 1.54) is 75.1 Å². The number of alkyl halides is 2. The summed E-state index contributed by atoms with van der Waals surface area (Å²) in [4.78, 5) is 38.2. The summed E-state index contributed by atoms with van der Waals surface area (Å²) in [6.45, 7) is 27.3. The van der Waals surface area contributed by atoms with Crippen LogP contribution in [-0.4, -0.2) is 56.9 Å². The van der Waals surface area contributed by atoms with Gasteiger partial charge in [-0.2, -0.15) is 0 Å². The predicted molar refractivity (Wildman–Crippen MR) is 392 cm³/mol. The lowest BCUT2D eigenvalue weighted by Gasteiger charge is -2.08. The van der Waals surface area contributed by atoms with Gasteiger partial charge >= 0.3 is 0 Å². The number of halogens is 2. The van der Waals surface area contributed by atoms with Gasteiger partial charge in [0.25, 0.3) is 11.4 Å². The fourth-order valence-corrected chi connectivity index (χ4v) is 13.2. The Bertz CT molecular complexity index is 4790. The Morgan fingerprint density at radius 3 is 1.00 bits per heavy atom. The van der Waals surface area contributed by atoms with Crippen LogP contribution in [0.5, 0.6) is 5.75 Å². The molecule has 0 spiro atoms. The quantitative estimate of drug-likeness (QED) is 0.0171. The molecule has 0 aliphatic heterocycles. The molecule has 8 heterocycles. The van der Waals surface area contributed by atoms with Crippen molar-refractivity contribution in [2.24, 2.45) is 0 Å². The minimum Gasteiger partial charge on any atom is -0.497 e. The second-order valence-electron chi connectivity index (χ2n) is 24.1. The van der Waals surface area contributed by atoms with E-state index in [1.807, 2.05) is 67.3 Å². The summed E-state index contributed by atoms with van der Waals surface area (Å²) >= 11 is 9.53. The molecule has 0 N–H and O–H groups in total. The molecule has 95 heavy (non-hydrogen) atoms. The third kappa shape index (κ3) is 15.1. The predicted octanol–water partition coefficient (Wildman–Crippen LogP) is 21.9. The lowest BCUT2D eigenvalue weighted by Crippen LogP contribution is -1.99. The van der Waals surface area contributed by atoms with Crippen LogP contribution in [0.2, 0.25) is 0 Å². The highest BCUT2D eigenvalue weighted by molar-refractivity contribution is 6.40. The van der Waals surface area contributed by atoms with Gasteiger partial charge in [-0.15, -0.1) is 23.2 Å². The van der Waals surface area contributed by atoms with Crippen molar-refractivity contribution in [2.45, 2.75) is 157 Å². The average Bonchev–Trinajstić information content (AvgIpc) is 1.62. The fourth-order valence-electron chi connectivity index (χ4n) is 13.2. The van der Waals surface area contributed by atoms with Crippen molar-refractivity contribution in [2.75, 3.05) is 12.4 Å². The van der Waals surface area contributed by atoms with Gasteiger partial charge in [-0.05, 0) is 134 Å². The standard InChI is InChI=1S/C42H38N8.C36H40N4O2.CH2Cl2/c1-5-7-9-11-17-49-39-15-13-29(19-31(25-43)45-3)21-33(39)35-23-37(47-27-41(35)49)38-24-36-34-22-30(20-32(26-44)46-4)14-16-40(34)50(42(36)28-48-38)18-12-10-8-6-2;1-4-6-8-10-16-39-33-14-12-25(24-41)18-27(33)29-20-31(37-22-35(29)39)32-21-30-28-19-26(42-3)13-15-34(28)40(36(30)23-38-32)17-11-9-7-5-2;2-1-3/h13-16,19-24,27-28H,5-12,17-18H2,1-2H3;12-15,18-24H,4-11,16-17H2,1-3H3;1H2/b31-19-,32-20+;;. The van der Waals surface area contributed by atoms with Crippen molar-refractivity contribution in [3.63, 3.8) is 0 Å². The number of carbonyl (C=O) groups excluding carboxylic acids is 1. The van der Waals surface area contributed by atoms with Gasteiger partial charge in [-0.25, -0.2) is 20.2 Å². The topological polar surface area (TPSA) is 154 Å². The average molecular weight is 1300 g/mol. The van der Waals surface area contributed by atoms with Crippen molar-refractivity contribution >= 4 is 129 Å². The Balaban J connectivity index is 0.000000201. The first-order valence-corrected chi connectivity index (χ1v) is 34.5. The second kappa shape index (κ2) is 32.8. The second-order valence-corrected chi connectivity index (χ2v) is 24.9. The van der Waals surface area contributed by atoms with E-state index in [0.717, 1.165) is 187 Å². The van der Waals surface area contributed by atoms with Gasteiger partial charge in [0.2, 0.25) is 0 Å². The van der Waals surface area contributed by atoms with Crippen LogP contribution in [0, 0.1) is 35.8 Å². The summed E-state index contributed by atoms with van der Waals surface area (Å²) in [7, 11) is 1.72. The maximum Gasteiger partial charge on any atom is 0.262 e. The molecule has 482 valence electrons. The molecular formula is C79H80Cl2N12O2. The molecule has 0 bridgehead atoms. The zero-order valence-electron chi connectivity index (χ0n) is 55.1. The molecule has 12 rings (SSSR count). The van der Waals surface area contributed by atoms with Crippen LogP contribution in [0.15, 0.2) is 133 Å². The molecule has 0 amide bonds. The Kier molecular flexibility index (Phi) is 23.5. The number of aromatic nitrogens is 8. The molecular weight excluding hydrogens is 1220 g/mol. The molecule has 0 saturated carbocycles. The molecule has 0 aliphatic rings. The number of allylic oxidation sites excluding steroid dienone is 2. The van der Waals surface area contributed by atoms with E-state index in [0.29, 0.717) is 5.56 Å². The Labute approximate surface area is 566 Å². The van der Waals surface area contributed by atoms with Gasteiger partial charge in [-0.3, -0.25) is 24.7 Å². The van der Waals surface area contributed by atoms with Crippen LogP contribution in [0.3, 0.4) is 0 Å². The number of hydrogen-bond acceptors (Lipinski definition) is 8. The van der Waals surface area contributed by atoms with Crippen molar-refractivity contribution < 1.29 is 9.53 Å². The van der Waals surface area contributed by atoms with E-state index in [-0.39, 0.29) is 16.7 Å². The number of ether oxygens (including phenoxy) is 1. The number of hydrogen-bond donors (Lipinski definition) is 0. The highest BCUT2D eigenvalue weighted by Crippen LogP contribution is 2.39. The molecule has 0 unspecified atom stereocenters. The highest BCUT2D eigenvalue weighted by Gasteiger charge is 2.20. The van der Waals surface area contributed by atoms with Crippen molar-refractivity contribution in [1.29, 1.82) is 10.5 Å². The number of nitriles is 2. The number of carbonyl (C=O) groups is 1. The third-order valence-corrected chi connectivity index (χ3v) is 18.0. The first-order valence-electron chi connectivity index (χ1n) is 33.4. The Morgan fingerprint density at radius 1 is 0.432 bits per heavy atom. The number of aldehydes is 1. The van der Waals surface area contributed by atoms with Crippen LogP contribution in [0.25, 0.3) is 132 Å². The first kappa shape index (κ1) is 68.0. The third-order valence-electron chi connectivity index (χ3n) is 18.0. The summed E-state index contributed by atoms with van der Waals surface area (Å²) in [6, 6.07) is 37.0. The molecule has 0 saturated heterocycles. The lowest BCUT2D eigenvalue weighted by atomic mass is 10.1. The van der Waals surface area contributed by atoms with Gasteiger partial charge in [0.1, 0.15) is 12.0 Å². The van der Waals surface area contributed by atoms with Crippen LogP contribution >= 0.6 is 23.2 Å². The van der Waals surface area contributed by atoms with Crippen molar-refractivity contribution in [3.05, 3.63) is 173 Å². The van der Waals surface area contributed by atoms with E-state index < -0.39 is 0 Å². The number of pyridine rings is 4. The molecule has 12 aromatic rings. The summed E-state index contributed by atoms with van der Waals surface area (Å²) in [5.74, 6) is 0.850. The van der Waals surface area contributed by atoms with E-state index in [9.17, 15) is 15.3 Å². The van der Waals surface area contributed by atoms with Gasteiger partial charge in [0.05, 0.1) is 107 Å². The van der Waals surface area contributed by atoms with Gasteiger partial charge in [0.15, 0.2) is 0 Å². The molecule has 0 aliphatic carbocycles. The SMILES string of the molecule is CCCCCCn1c2ccc(C=O)cc2c2cc(-c3cc4c5cc(OC)ccc5n(CCCCCC)c4cn3)ncc21.ClCCl.[C-]#[N+]/C(C#N)=C\c1ccc2c(c1)c1cc(-c3cc4c5cc(/C=C(\C#N)[N+]#[C-])ccc5n(CCCCCC)c4cn3)ncc1n2CCCCCC. The normalized spacial score (nSPS) is 11.7. The van der Waals surface area contributed by atoms with Gasteiger partial charge in [0, 0.05) is 96.9 Å². The summed E-state index contributed by atoms with van der Waals surface area (Å²) in [5, 5.41) is 27.7. The van der Waals surface area contributed by atoms with Crippen molar-refractivity contribution in [3.8, 4) is 40.7 Å². The van der Waals surface area contributed by atoms with E-state index >= 15 is 0 Å². The lowest BCUT2D eigenvalue weighted by molar-refractivity contribution is 0.112. The fraction of sp³-hybridized carbons (Fsp3) is 0.329. The minimum atomic E-state index is 0.0497. The minimum absolute atomic E-state index is 0.0497. The van der Waals surface area contributed by atoms with E-state index in [2.05, 4.69) is 122 Å². The molecule has 0 atom stereocenters. The van der Waals surface area contributed by atoms with Crippen molar-refractivity contribution in [1.82, 2.24) is 38.2 Å². The van der Waals surface area contributed by atoms with Gasteiger partial charge < -0.3 is 23.0 Å². The van der Waals surface area contributed by atoms with Crippen LogP contribution in [-0.2, 0) is 26.2 Å². The summed E-state index contributed by atoms with van der Waals surface area (Å²) in [5.41, 5.74) is 14.4. The zero-order chi connectivity index (χ0) is 66.8. The van der Waals surface area contributed by atoms with E-state index in [1.54, 1.807) is 19.3 Å². The number of benzene rings is 4. The molecule has 8 aromatic heterocycles. The Hall–Kier alpha value is -9.83. The Morgan fingerprint density at radius 2 is 0.716 bits per heavy atom. The van der Waals surface area contributed by atoms with E-state index in [4.69, 9.17) is 61.0 Å².